The highest BCUT2D eigenvalue weighted by Gasteiger charge is 2.35. The van der Waals surface area contributed by atoms with Crippen molar-refractivity contribution >= 4 is 5.91 Å². The molecule has 1 saturated carbocycles. The molecule has 1 fully saturated rings. The number of carbonyl (C=O) groups is 1. The van der Waals surface area contributed by atoms with Crippen molar-refractivity contribution in [3.63, 3.8) is 0 Å². The van der Waals surface area contributed by atoms with Gasteiger partial charge in [0.1, 0.15) is 5.69 Å². The van der Waals surface area contributed by atoms with Crippen molar-refractivity contribution in [3.05, 3.63) is 47.5 Å². The van der Waals surface area contributed by atoms with Crippen LogP contribution in [0.2, 0.25) is 0 Å². The maximum atomic E-state index is 12.9. The molecule has 2 aliphatic rings. The van der Waals surface area contributed by atoms with Gasteiger partial charge in [-0.1, -0.05) is 6.07 Å². The van der Waals surface area contributed by atoms with Gasteiger partial charge >= 0.3 is 0 Å². The number of carbonyl (C=O) groups excluding carboxylic acids is 1. The third-order valence-corrected chi connectivity index (χ3v) is 4.85. The van der Waals surface area contributed by atoms with Crippen molar-refractivity contribution in [1.29, 1.82) is 0 Å². The second kappa shape index (κ2) is 6.36. The zero-order chi connectivity index (χ0) is 16.5. The van der Waals surface area contributed by atoms with E-state index in [-0.39, 0.29) is 11.9 Å². The molecule has 4 rings (SSSR count). The van der Waals surface area contributed by atoms with E-state index >= 15 is 0 Å². The first kappa shape index (κ1) is 15.3. The smallest absolute Gasteiger partial charge is 0.273 e. The molecule has 1 amide bonds. The number of hydrogen-bond donors (Lipinski definition) is 0. The lowest BCUT2D eigenvalue weighted by Crippen LogP contribution is -2.43. The maximum absolute atomic E-state index is 12.9. The minimum atomic E-state index is -0.102. The Balaban J connectivity index is 1.59. The number of fused-ring (bicyclic) bond motifs is 1. The molecule has 6 heteroatoms. The van der Waals surface area contributed by atoms with Gasteiger partial charge in [-0.3, -0.25) is 14.5 Å². The van der Waals surface area contributed by atoms with Gasteiger partial charge < -0.3 is 9.64 Å². The summed E-state index contributed by atoms with van der Waals surface area (Å²) in [5.41, 5.74) is 2.78. The lowest BCUT2D eigenvalue weighted by atomic mass is 9.99. The molecule has 1 aliphatic heterocycles. The van der Waals surface area contributed by atoms with Crippen LogP contribution in [0.3, 0.4) is 0 Å². The summed E-state index contributed by atoms with van der Waals surface area (Å²) in [5.74, 6) is 0.669. The van der Waals surface area contributed by atoms with Crippen LogP contribution in [0, 0.1) is 5.92 Å². The zero-order valence-corrected chi connectivity index (χ0v) is 13.9. The van der Waals surface area contributed by atoms with Gasteiger partial charge in [-0.2, -0.15) is 5.10 Å². The minimum Gasteiger partial charge on any atom is -0.379 e. The van der Waals surface area contributed by atoms with Crippen molar-refractivity contribution in [3.8, 4) is 0 Å². The quantitative estimate of drug-likeness (QED) is 0.843. The summed E-state index contributed by atoms with van der Waals surface area (Å²) in [6.07, 6.45) is 6.91. The maximum Gasteiger partial charge on any atom is 0.273 e. The van der Waals surface area contributed by atoms with E-state index in [4.69, 9.17) is 4.74 Å². The molecule has 1 aliphatic carbocycles. The van der Waals surface area contributed by atoms with Crippen LogP contribution in [0.25, 0.3) is 0 Å². The fourth-order valence-electron chi connectivity index (χ4n) is 3.34. The number of aromatic nitrogens is 3. The molecule has 2 aromatic heterocycles. The Labute approximate surface area is 141 Å². The summed E-state index contributed by atoms with van der Waals surface area (Å²) in [5, 5.41) is 4.38. The summed E-state index contributed by atoms with van der Waals surface area (Å²) in [6.45, 7) is 1.97. The molecule has 6 nitrogen and oxygen atoms in total. The van der Waals surface area contributed by atoms with E-state index in [9.17, 15) is 4.79 Å². The summed E-state index contributed by atoms with van der Waals surface area (Å²) >= 11 is 0. The molecular weight excluding hydrogens is 304 g/mol. The van der Waals surface area contributed by atoms with E-state index in [1.165, 1.54) is 18.4 Å². The van der Waals surface area contributed by atoms with Crippen molar-refractivity contribution in [1.82, 2.24) is 19.7 Å². The Hall–Kier alpha value is -2.21. The number of amides is 1. The molecule has 3 heterocycles. The lowest BCUT2D eigenvalue weighted by molar-refractivity contribution is 0.0344. The second-order valence-corrected chi connectivity index (χ2v) is 6.64. The van der Waals surface area contributed by atoms with E-state index in [0.717, 1.165) is 18.7 Å². The first-order chi connectivity index (χ1) is 11.7. The number of ether oxygens (including phenoxy) is 1. The molecule has 2 aromatic rings. The summed E-state index contributed by atoms with van der Waals surface area (Å²) in [6, 6.07) is 5.33. The second-order valence-electron chi connectivity index (χ2n) is 6.64. The largest absolute Gasteiger partial charge is 0.379 e. The Morgan fingerprint density at radius 3 is 2.96 bits per heavy atom. The topological polar surface area (TPSA) is 60.2 Å². The average Bonchev–Trinajstić information content (AvgIpc) is 3.37. The van der Waals surface area contributed by atoms with E-state index in [1.54, 1.807) is 12.3 Å². The molecule has 0 N–H and O–H groups in total. The molecule has 126 valence electrons. The number of nitrogens with zero attached hydrogens (tertiary/aromatic N) is 4. The van der Waals surface area contributed by atoms with E-state index in [1.807, 2.05) is 35.0 Å². The lowest BCUT2D eigenvalue weighted by Gasteiger charge is -2.35. The van der Waals surface area contributed by atoms with Crippen LogP contribution in [0.1, 0.15) is 40.6 Å². The van der Waals surface area contributed by atoms with Crippen LogP contribution >= 0.6 is 0 Å². The van der Waals surface area contributed by atoms with Crippen LogP contribution in [-0.2, 0) is 18.2 Å². The Morgan fingerprint density at radius 1 is 1.33 bits per heavy atom. The SMILES string of the molecule is Cn1ncc2c1[C@H](COCC1CC1)N(C(=O)c1ccccn1)CC2. The van der Waals surface area contributed by atoms with Crippen LogP contribution in [0.15, 0.2) is 30.6 Å². The highest BCUT2D eigenvalue weighted by Crippen LogP contribution is 2.33. The van der Waals surface area contributed by atoms with E-state index in [0.29, 0.717) is 24.8 Å². The van der Waals surface area contributed by atoms with Gasteiger partial charge in [-0.25, -0.2) is 0 Å². The van der Waals surface area contributed by atoms with Crippen molar-refractivity contribution in [2.75, 3.05) is 19.8 Å². The standard InChI is InChI=1S/C18H22N4O2/c1-21-17-14(10-20-21)7-9-22(16(17)12-24-11-13-5-6-13)18(23)15-4-2-3-8-19-15/h2-4,8,10,13,16H,5-7,9,11-12H2,1H3/t16-/m0/s1. The fourth-order valence-corrected chi connectivity index (χ4v) is 3.34. The van der Waals surface area contributed by atoms with Crippen LogP contribution < -0.4 is 0 Å². The molecular formula is C18H22N4O2. The van der Waals surface area contributed by atoms with Crippen molar-refractivity contribution in [2.45, 2.75) is 25.3 Å². The van der Waals surface area contributed by atoms with Gasteiger partial charge in [0.2, 0.25) is 0 Å². The van der Waals surface area contributed by atoms with Gasteiger partial charge in [-0.15, -0.1) is 0 Å². The fraction of sp³-hybridized carbons (Fsp3) is 0.500. The number of pyridine rings is 1. The molecule has 0 radical (unpaired) electrons. The highest BCUT2D eigenvalue weighted by atomic mass is 16.5. The molecule has 1 atom stereocenters. The zero-order valence-electron chi connectivity index (χ0n) is 13.9. The number of hydrogen-bond acceptors (Lipinski definition) is 4. The Bertz CT molecular complexity index is 724. The number of rotatable bonds is 5. The van der Waals surface area contributed by atoms with Crippen molar-refractivity contribution in [2.24, 2.45) is 13.0 Å². The molecule has 24 heavy (non-hydrogen) atoms. The highest BCUT2D eigenvalue weighted by molar-refractivity contribution is 5.92. The van der Waals surface area contributed by atoms with Crippen LogP contribution in [0.4, 0.5) is 0 Å². The normalized spacial score (nSPS) is 20.0. The molecule has 0 spiro atoms. The summed E-state index contributed by atoms with van der Waals surface area (Å²) < 4.78 is 7.81. The van der Waals surface area contributed by atoms with Crippen molar-refractivity contribution < 1.29 is 9.53 Å². The van der Waals surface area contributed by atoms with Crippen LogP contribution in [-0.4, -0.2) is 45.3 Å². The van der Waals surface area contributed by atoms with E-state index in [2.05, 4.69) is 10.1 Å². The van der Waals surface area contributed by atoms with Gasteiger partial charge in [0.25, 0.3) is 5.91 Å². The monoisotopic (exact) mass is 326 g/mol. The molecule has 0 bridgehead atoms. The van der Waals surface area contributed by atoms with Crippen LogP contribution in [0.5, 0.6) is 0 Å². The molecule has 0 aromatic carbocycles. The third kappa shape index (κ3) is 2.94. The summed E-state index contributed by atoms with van der Waals surface area (Å²) in [7, 11) is 1.93. The van der Waals surface area contributed by atoms with Gasteiger partial charge in [0, 0.05) is 26.4 Å². The minimum absolute atomic E-state index is 0.0394. The Kier molecular flexibility index (Phi) is 4.06. The Morgan fingerprint density at radius 2 is 2.21 bits per heavy atom. The van der Waals surface area contributed by atoms with E-state index < -0.39 is 0 Å². The number of aryl methyl sites for hydroxylation is 1. The average molecular weight is 326 g/mol. The van der Waals surface area contributed by atoms with Gasteiger partial charge in [-0.05, 0) is 42.9 Å². The summed E-state index contributed by atoms with van der Waals surface area (Å²) in [4.78, 5) is 19.0. The molecule has 0 saturated heterocycles. The third-order valence-electron chi connectivity index (χ3n) is 4.85. The van der Waals surface area contributed by atoms with Gasteiger partial charge in [0.15, 0.2) is 0 Å². The first-order valence-corrected chi connectivity index (χ1v) is 8.54. The molecule has 0 unspecified atom stereocenters. The predicted octanol–water partition coefficient (Wildman–Crippen LogP) is 1.98. The van der Waals surface area contributed by atoms with Gasteiger partial charge in [0.05, 0.1) is 24.5 Å². The first-order valence-electron chi connectivity index (χ1n) is 8.54. The predicted molar refractivity (Wildman–Crippen MR) is 88.5 cm³/mol.